The minimum absolute atomic E-state index is 0.0339. The molecule has 0 fully saturated rings. The van der Waals surface area contributed by atoms with Crippen molar-refractivity contribution in [3.8, 4) is 0 Å². The van der Waals surface area contributed by atoms with Crippen molar-refractivity contribution in [1.29, 1.82) is 0 Å². The van der Waals surface area contributed by atoms with Crippen molar-refractivity contribution in [2.24, 2.45) is 0 Å². The number of thiazole rings is 1. The predicted octanol–water partition coefficient (Wildman–Crippen LogP) is 2.42. The molecule has 2 amide bonds. The highest BCUT2D eigenvalue weighted by molar-refractivity contribution is 7.09. The molecule has 0 spiro atoms. The van der Waals surface area contributed by atoms with Crippen LogP contribution in [0.15, 0.2) is 35.8 Å². The third kappa shape index (κ3) is 3.80. The smallest absolute Gasteiger partial charge is 0.355 e. The summed E-state index contributed by atoms with van der Waals surface area (Å²) in [5.74, 6) is -1.47. The Kier molecular flexibility index (Phi) is 5.13. The van der Waals surface area contributed by atoms with Crippen molar-refractivity contribution in [3.05, 3.63) is 57.7 Å². The first kappa shape index (κ1) is 17.8. The minimum atomic E-state index is -1.10. The van der Waals surface area contributed by atoms with Gasteiger partial charge < -0.3 is 15.3 Å². The number of hydrogen-bond acceptors (Lipinski definition) is 5. The monoisotopic (exact) mass is 371 g/mol. The standard InChI is InChI=1S/C18H17N3O4S/c1-11(22)21-7-6-12-4-2-3-5-13(12)15(21)8-16(23)19-9-17-20-14(10-26-17)18(24)25/h2-7,10,15H,8-9H2,1H3,(H,19,23)(H,24,25)/t15-/m1/s1. The maximum absolute atomic E-state index is 12.4. The van der Waals surface area contributed by atoms with Gasteiger partial charge in [0.1, 0.15) is 5.01 Å². The summed E-state index contributed by atoms with van der Waals surface area (Å²) in [5.41, 5.74) is 1.87. The third-order valence-electron chi connectivity index (χ3n) is 4.06. The quantitative estimate of drug-likeness (QED) is 0.841. The summed E-state index contributed by atoms with van der Waals surface area (Å²) in [6.07, 6.45) is 3.66. The molecule has 0 unspecified atom stereocenters. The number of fused-ring (bicyclic) bond motifs is 1. The van der Waals surface area contributed by atoms with Crippen molar-refractivity contribution >= 4 is 35.2 Å². The molecule has 2 aromatic rings. The first-order valence-corrected chi connectivity index (χ1v) is 8.84. The molecule has 1 atom stereocenters. The van der Waals surface area contributed by atoms with Crippen LogP contribution in [-0.2, 0) is 16.1 Å². The van der Waals surface area contributed by atoms with Gasteiger partial charge in [-0.25, -0.2) is 9.78 Å². The van der Waals surface area contributed by atoms with E-state index in [-0.39, 0.29) is 36.5 Å². The molecule has 3 rings (SSSR count). The van der Waals surface area contributed by atoms with Gasteiger partial charge in [0.2, 0.25) is 11.8 Å². The Morgan fingerprint density at radius 1 is 1.31 bits per heavy atom. The van der Waals surface area contributed by atoms with Gasteiger partial charge in [0, 0.05) is 18.5 Å². The van der Waals surface area contributed by atoms with E-state index in [0.29, 0.717) is 5.01 Å². The van der Waals surface area contributed by atoms with E-state index in [9.17, 15) is 14.4 Å². The number of aromatic carboxylic acids is 1. The molecule has 1 aliphatic heterocycles. The fourth-order valence-corrected chi connectivity index (χ4v) is 3.53. The minimum Gasteiger partial charge on any atom is -0.476 e. The lowest BCUT2D eigenvalue weighted by molar-refractivity contribution is -0.130. The normalized spacial score (nSPS) is 15.4. The number of benzene rings is 1. The lowest BCUT2D eigenvalue weighted by atomic mass is 9.93. The van der Waals surface area contributed by atoms with Gasteiger partial charge >= 0.3 is 5.97 Å². The maximum atomic E-state index is 12.4. The molecule has 2 N–H and O–H groups in total. The number of hydrogen-bond donors (Lipinski definition) is 2. The van der Waals surface area contributed by atoms with Gasteiger partial charge in [-0.3, -0.25) is 9.59 Å². The topological polar surface area (TPSA) is 99.6 Å². The van der Waals surface area contributed by atoms with Crippen molar-refractivity contribution in [1.82, 2.24) is 15.2 Å². The Labute approximate surface area is 154 Å². The fourth-order valence-electron chi connectivity index (χ4n) is 2.83. The number of nitrogens with one attached hydrogen (secondary N) is 1. The molecule has 0 saturated heterocycles. The van der Waals surface area contributed by atoms with E-state index in [0.717, 1.165) is 11.1 Å². The number of aromatic nitrogens is 1. The lowest BCUT2D eigenvalue weighted by Gasteiger charge is -2.32. The number of carboxylic acids is 1. The summed E-state index contributed by atoms with van der Waals surface area (Å²) < 4.78 is 0. The number of rotatable bonds is 5. The van der Waals surface area contributed by atoms with Gasteiger partial charge in [-0.05, 0) is 17.2 Å². The van der Waals surface area contributed by atoms with Crippen LogP contribution in [-0.4, -0.2) is 32.8 Å². The number of nitrogens with zero attached hydrogens (tertiary/aromatic N) is 2. The average molecular weight is 371 g/mol. The van der Waals surface area contributed by atoms with E-state index >= 15 is 0 Å². The molecule has 7 nitrogen and oxygen atoms in total. The highest BCUT2D eigenvalue weighted by atomic mass is 32.1. The summed E-state index contributed by atoms with van der Waals surface area (Å²) in [6.45, 7) is 1.62. The Morgan fingerprint density at radius 3 is 2.77 bits per heavy atom. The van der Waals surface area contributed by atoms with Crippen LogP contribution >= 0.6 is 11.3 Å². The zero-order valence-corrected chi connectivity index (χ0v) is 14.8. The molecular weight excluding hydrogens is 354 g/mol. The molecular formula is C18H17N3O4S. The van der Waals surface area contributed by atoms with Gasteiger partial charge in [0.25, 0.3) is 0 Å². The van der Waals surface area contributed by atoms with E-state index in [2.05, 4.69) is 10.3 Å². The van der Waals surface area contributed by atoms with Crippen LogP contribution in [0.4, 0.5) is 0 Å². The van der Waals surface area contributed by atoms with Gasteiger partial charge in [0.15, 0.2) is 5.69 Å². The second-order valence-electron chi connectivity index (χ2n) is 5.80. The van der Waals surface area contributed by atoms with Gasteiger partial charge in [-0.1, -0.05) is 24.3 Å². The van der Waals surface area contributed by atoms with E-state index in [4.69, 9.17) is 5.11 Å². The largest absolute Gasteiger partial charge is 0.476 e. The van der Waals surface area contributed by atoms with Gasteiger partial charge in [-0.15, -0.1) is 11.3 Å². The Bertz CT molecular complexity index is 890. The molecule has 0 aliphatic carbocycles. The van der Waals surface area contributed by atoms with E-state index < -0.39 is 5.97 Å². The highest BCUT2D eigenvalue weighted by Gasteiger charge is 2.28. The van der Waals surface area contributed by atoms with Crippen LogP contribution in [0.3, 0.4) is 0 Å². The predicted molar refractivity (Wildman–Crippen MR) is 96.3 cm³/mol. The molecule has 134 valence electrons. The van der Waals surface area contributed by atoms with Crippen molar-refractivity contribution < 1.29 is 19.5 Å². The van der Waals surface area contributed by atoms with E-state index in [1.54, 1.807) is 11.1 Å². The first-order valence-electron chi connectivity index (χ1n) is 7.96. The van der Waals surface area contributed by atoms with Crippen LogP contribution in [0.1, 0.15) is 46.0 Å². The fraction of sp³-hybridized carbons (Fsp3) is 0.222. The number of carbonyl (C=O) groups is 3. The Morgan fingerprint density at radius 2 is 2.08 bits per heavy atom. The van der Waals surface area contributed by atoms with Crippen molar-refractivity contribution in [2.45, 2.75) is 25.9 Å². The molecule has 1 aliphatic rings. The summed E-state index contributed by atoms with van der Waals surface area (Å²) in [5, 5.41) is 13.6. The zero-order chi connectivity index (χ0) is 18.7. The van der Waals surface area contributed by atoms with Crippen LogP contribution in [0, 0.1) is 0 Å². The molecule has 0 saturated carbocycles. The number of carbonyl (C=O) groups excluding carboxylic acids is 2. The van der Waals surface area contributed by atoms with Crippen LogP contribution in [0.25, 0.3) is 6.08 Å². The van der Waals surface area contributed by atoms with Crippen LogP contribution in [0.2, 0.25) is 0 Å². The average Bonchev–Trinajstić information content (AvgIpc) is 3.09. The highest BCUT2D eigenvalue weighted by Crippen LogP contribution is 2.32. The second-order valence-corrected chi connectivity index (χ2v) is 6.74. The van der Waals surface area contributed by atoms with E-state index in [1.165, 1.54) is 23.6 Å². The molecule has 8 heteroatoms. The molecule has 1 aromatic carbocycles. The molecule has 0 radical (unpaired) electrons. The summed E-state index contributed by atoms with van der Waals surface area (Å²) in [6, 6.07) is 7.26. The molecule has 1 aromatic heterocycles. The van der Waals surface area contributed by atoms with Crippen molar-refractivity contribution in [2.75, 3.05) is 0 Å². The first-order chi connectivity index (χ1) is 12.5. The van der Waals surface area contributed by atoms with Crippen LogP contribution < -0.4 is 5.32 Å². The van der Waals surface area contributed by atoms with E-state index in [1.807, 2.05) is 30.3 Å². The number of amides is 2. The summed E-state index contributed by atoms with van der Waals surface area (Å²) >= 11 is 1.18. The molecule has 0 bridgehead atoms. The molecule has 2 heterocycles. The third-order valence-corrected chi connectivity index (χ3v) is 4.90. The lowest BCUT2D eigenvalue weighted by Crippen LogP contribution is -2.35. The summed E-state index contributed by atoms with van der Waals surface area (Å²) in [7, 11) is 0. The van der Waals surface area contributed by atoms with Gasteiger partial charge in [-0.2, -0.15) is 0 Å². The zero-order valence-electron chi connectivity index (χ0n) is 14.0. The Hall–Kier alpha value is -3.00. The molecule has 26 heavy (non-hydrogen) atoms. The van der Waals surface area contributed by atoms with Crippen molar-refractivity contribution in [3.63, 3.8) is 0 Å². The van der Waals surface area contributed by atoms with Crippen LogP contribution in [0.5, 0.6) is 0 Å². The summed E-state index contributed by atoms with van der Waals surface area (Å²) in [4.78, 5) is 40.6. The second kappa shape index (κ2) is 7.49. The van der Waals surface area contributed by atoms with Gasteiger partial charge in [0.05, 0.1) is 19.0 Å². The number of carboxylic acid groups (broad SMARTS) is 1. The maximum Gasteiger partial charge on any atom is 0.355 e. The Balaban J connectivity index is 1.69. The SMILES string of the molecule is CC(=O)N1C=Cc2ccccc2[C@H]1CC(=O)NCc1nc(C(=O)O)cs1.